The summed E-state index contributed by atoms with van der Waals surface area (Å²) in [6, 6.07) is 16.0. The number of nitriles is 1. The molecule has 1 fully saturated rings. The van der Waals surface area contributed by atoms with Crippen LogP contribution >= 0.6 is 11.3 Å². The minimum absolute atomic E-state index is 0.125. The number of hydrogen-bond donors (Lipinski definition) is 0. The first-order valence-corrected chi connectivity index (χ1v) is 9.64. The first kappa shape index (κ1) is 17.6. The molecule has 0 aliphatic heterocycles. The Balaban J connectivity index is 1.80. The SMILES string of the molecule is COc1ccc(-c2nc(C3(c4ccccc4C#N)CC3)sc2C)c(OC)c1. The maximum atomic E-state index is 9.52. The van der Waals surface area contributed by atoms with Crippen molar-refractivity contribution >= 4 is 11.3 Å². The van der Waals surface area contributed by atoms with Gasteiger partial charge in [0.25, 0.3) is 0 Å². The number of thiazole rings is 1. The highest BCUT2D eigenvalue weighted by molar-refractivity contribution is 7.12. The summed E-state index contributed by atoms with van der Waals surface area (Å²) in [5, 5.41) is 10.6. The van der Waals surface area contributed by atoms with Crippen LogP contribution in [0.1, 0.15) is 33.9 Å². The molecule has 5 heteroatoms. The van der Waals surface area contributed by atoms with Gasteiger partial charge < -0.3 is 9.47 Å². The summed E-state index contributed by atoms with van der Waals surface area (Å²) in [5.74, 6) is 1.50. The summed E-state index contributed by atoms with van der Waals surface area (Å²) in [6.07, 6.45) is 2.05. The van der Waals surface area contributed by atoms with Crippen LogP contribution in [0.3, 0.4) is 0 Å². The molecule has 3 aromatic rings. The largest absolute Gasteiger partial charge is 0.497 e. The van der Waals surface area contributed by atoms with Gasteiger partial charge in [-0.1, -0.05) is 18.2 Å². The van der Waals surface area contributed by atoms with Crippen LogP contribution in [0.25, 0.3) is 11.3 Å². The molecule has 1 saturated carbocycles. The van der Waals surface area contributed by atoms with Crippen LogP contribution in [0.2, 0.25) is 0 Å². The molecule has 1 aliphatic rings. The highest BCUT2D eigenvalue weighted by Gasteiger charge is 2.50. The van der Waals surface area contributed by atoms with Crippen molar-refractivity contribution in [2.24, 2.45) is 0 Å². The van der Waals surface area contributed by atoms with Gasteiger partial charge in [-0.05, 0) is 43.5 Å². The number of rotatable bonds is 5. The fraction of sp³-hybridized carbons (Fsp3) is 0.273. The van der Waals surface area contributed by atoms with Crippen LogP contribution in [0.4, 0.5) is 0 Å². The number of nitrogens with zero attached hydrogens (tertiary/aromatic N) is 2. The van der Waals surface area contributed by atoms with Crippen molar-refractivity contribution in [3.05, 3.63) is 63.5 Å². The number of hydrogen-bond acceptors (Lipinski definition) is 5. The molecule has 0 spiro atoms. The van der Waals surface area contributed by atoms with Crippen molar-refractivity contribution < 1.29 is 9.47 Å². The Bertz CT molecular complexity index is 1040. The van der Waals surface area contributed by atoms with Gasteiger partial charge >= 0.3 is 0 Å². The van der Waals surface area contributed by atoms with Gasteiger partial charge in [0, 0.05) is 21.9 Å². The number of ether oxygens (including phenoxy) is 2. The molecule has 0 bridgehead atoms. The van der Waals surface area contributed by atoms with E-state index in [2.05, 4.69) is 19.1 Å². The van der Waals surface area contributed by atoms with E-state index < -0.39 is 0 Å². The highest BCUT2D eigenvalue weighted by Crippen LogP contribution is 2.56. The summed E-state index contributed by atoms with van der Waals surface area (Å²) in [7, 11) is 3.30. The lowest BCUT2D eigenvalue weighted by molar-refractivity contribution is 0.395. The Morgan fingerprint density at radius 2 is 1.89 bits per heavy atom. The fourth-order valence-electron chi connectivity index (χ4n) is 3.57. The highest BCUT2D eigenvalue weighted by atomic mass is 32.1. The molecule has 1 heterocycles. The summed E-state index contributed by atoms with van der Waals surface area (Å²) >= 11 is 1.71. The van der Waals surface area contributed by atoms with Gasteiger partial charge in [-0.2, -0.15) is 5.26 Å². The first-order valence-electron chi connectivity index (χ1n) is 8.83. The van der Waals surface area contributed by atoms with E-state index in [1.165, 1.54) is 0 Å². The molecule has 27 heavy (non-hydrogen) atoms. The smallest absolute Gasteiger partial charge is 0.131 e. The van der Waals surface area contributed by atoms with Gasteiger partial charge in [0.05, 0.1) is 31.5 Å². The van der Waals surface area contributed by atoms with Crippen LogP contribution in [-0.4, -0.2) is 19.2 Å². The van der Waals surface area contributed by atoms with E-state index in [9.17, 15) is 5.26 Å². The van der Waals surface area contributed by atoms with E-state index in [1.54, 1.807) is 25.6 Å². The van der Waals surface area contributed by atoms with Crippen LogP contribution in [-0.2, 0) is 5.41 Å². The number of methoxy groups -OCH3 is 2. The second kappa shape index (κ2) is 6.71. The molecule has 0 saturated heterocycles. The molecule has 1 aromatic heterocycles. The van der Waals surface area contributed by atoms with E-state index in [-0.39, 0.29) is 5.41 Å². The number of benzene rings is 2. The molecule has 0 N–H and O–H groups in total. The monoisotopic (exact) mass is 376 g/mol. The zero-order chi connectivity index (χ0) is 19.0. The molecule has 1 aliphatic carbocycles. The Kier molecular flexibility index (Phi) is 4.37. The third-order valence-electron chi connectivity index (χ3n) is 5.18. The first-order chi connectivity index (χ1) is 13.1. The van der Waals surface area contributed by atoms with Crippen LogP contribution < -0.4 is 9.47 Å². The normalized spacial score (nSPS) is 14.4. The summed E-state index contributed by atoms with van der Waals surface area (Å²) in [4.78, 5) is 6.17. The summed E-state index contributed by atoms with van der Waals surface area (Å²) in [6.45, 7) is 2.09. The van der Waals surface area contributed by atoms with Gasteiger partial charge in [0.1, 0.15) is 16.5 Å². The maximum Gasteiger partial charge on any atom is 0.131 e. The zero-order valence-electron chi connectivity index (χ0n) is 15.6. The minimum atomic E-state index is -0.125. The second-order valence-corrected chi connectivity index (χ2v) is 7.93. The average Bonchev–Trinajstić information content (AvgIpc) is 3.43. The summed E-state index contributed by atoms with van der Waals surface area (Å²) < 4.78 is 10.9. The lowest BCUT2D eigenvalue weighted by Gasteiger charge is -2.14. The van der Waals surface area contributed by atoms with Gasteiger partial charge in [0.2, 0.25) is 0 Å². The van der Waals surface area contributed by atoms with Crippen molar-refractivity contribution in [1.29, 1.82) is 5.26 Å². The Morgan fingerprint density at radius 3 is 2.56 bits per heavy atom. The molecule has 4 rings (SSSR count). The van der Waals surface area contributed by atoms with Crippen LogP contribution in [0.15, 0.2) is 42.5 Å². The Labute approximate surface area is 163 Å². The fourth-order valence-corrected chi connectivity index (χ4v) is 4.76. The van der Waals surface area contributed by atoms with Gasteiger partial charge in [-0.3, -0.25) is 0 Å². The molecule has 4 nitrogen and oxygen atoms in total. The predicted molar refractivity (Wildman–Crippen MR) is 107 cm³/mol. The predicted octanol–water partition coefficient (Wildman–Crippen LogP) is 5.09. The molecule has 0 atom stereocenters. The molecule has 2 aromatic carbocycles. The molecular formula is C22H20N2O2S. The topological polar surface area (TPSA) is 55.1 Å². The van der Waals surface area contributed by atoms with Crippen LogP contribution in [0.5, 0.6) is 11.5 Å². The van der Waals surface area contributed by atoms with E-state index in [0.29, 0.717) is 0 Å². The third-order valence-corrected chi connectivity index (χ3v) is 6.36. The summed E-state index contributed by atoms with van der Waals surface area (Å²) in [5.41, 5.74) is 3.61. The Morgan fingerprint density at radius 1 is 1.11 bits per heavy atom. The van der Waals surface area contributed by atoms with E-state index in [4.69, 9.17) is 14.5 Å². The van der Waals surface area contributed by atoms with Crippen LogP contribution in [0, 0.1) is 18.3 Å². The maximum absolute atomic E-state index is 9.52. The molecule has 0 unspecified atom stereocenters. The van der Waals surface area contributed by atoms with Crippen molar-refractivity contribution in [2.75, 3.05) is 14.2 Å². The number of aryl methyl sites for hydroxylation is 1. The van der Waals surface area contributed by atoms with Crippen molar-refractivity contribution in [2.45, 2.75) is 25.2 Å². The van der Waals surface area contributed by atoms with E-state index in [1.807, 2.05) is 36.4 Å². The Hall–Kier alpha value is -2.84. The molecule has 0 radical (unpaired) electrons. The zero-order valence-corrected chi connectivity index (χ0v) is 16.4. The third kappa shape index (κ3) is 2.87. The van der Waals surface area contributed by atoms with Gasteiger partial charge in [-0.25, -0.2) is 4.98 Å². The lowest BCUT2D eigenvalue weighted by Crippen LogP contribution is -2.10. The quantitative estimate of drug-likeness (QED) is 0.622. The number of aromatic nitrogens is 1. The van der Waals surface area contributed by atoms with Crippen molar-refractivity contribution in [1.82, 2.24) is 4.98 Å². The molecule has 0 amide bonds. The average molecular weight is 376 g/mol. The van der Waals surface area contributed by atoms with Crippen molar-refractivity contribution in [3.63, 3.8) is 0 Å². The lowest BCUT2D eigenvalue weighted by atomic mass is 9.92. The minimum Gasteiger partial charge on any atom is -0.497 e. The van der Waals surface area contributed by atoms with Gasteiger partial charge in [0.15, 0.2) is 0 Å². The molecular weight excluding hydrogens is 356 g/mol. The van der Waals surface area contributed by atoms with Gasteiger partial charge in [-0.15, -0.1) is 11.3 Å². The standard InChI is InChI=1S/C22H20N2O2S/c1-14-20(17-9-8-16(25-2)12-19(17)26-3)24-21(27-14)22(10-11-22)18-7-5-4-6-15(18)13-23/h4-9,12H,10-11H2,1-3H3. The van der Waals surface area contributed by atoms with Crippen molar-refractivity contribution in [3.8, 4) is 28.8 Å². The molecule has 136 valence electrons. The van der Waals surface area contributed by atoms with E-state index >= 15 is 0 Å². The second-order valence-electron chi connectivity index (χ2n) is 6.73. The van der Waals surface area contributed by atoms with E-state index in [0.717, 1.165) is 56.6 Å².